The lowest BCUT2D eigenvalue weighted by atomic mass is 9.84. The van der Waals surface area contributed by atoms with Crippen LogP contribution in [0.25, 0.3) is 0 Å². The van der Waals surface area contributed by atoms with Gasteiger partial charge in [0.05, 0.1) is 4.90 Å². The third kappa shape index (κ3) is 4.27. The van der Waals surface area contributed by atoms with Gasteiger partial charge in [-0.25, -0.2) is 8.42 Å². The van der Waals surface area contributed by atoms with Crippen LogP contribution in [0.5, 0.6) is 0 Å². The maximum Gasteiger partial charge on any atom is 0.243 e. The molecule has 0 atom stereocenters. The van der Waals surface area contributed by atoms with Gasteiger partial charge in [0.25, 0.3) is 0 Å². The van der Waals surface area contributed by atoms with Gasteiger partial charge in [-0.2, -0.15) is 4.31 Å². The smallest absolute Gasteiger partial charge is 0.243 e. The Bertz CT molecular complexity index is 590. The van der Waals surface area contributed by atoms with Gasteiger partial charge in [0.1, 0.15) is 0 Å². The topological polar surface area (TPSA) is 40.6 Å². The molecular formula is C17H26ClN2O2S-. The van der Waals surface area contributed by atoms with Crippen molar-refractivity contribution in [3.63, 3.8) is 0 Å². The van der Waals surface area contributed by atoms with Crippen LogP contribution in [0, 0.1) is 0 Å². The maximum atomic E-state index is 12.7. The van der Waals surface area contributed by atoms with Gasteiger partial charge in [-0.05, 0) is 43.5 Å². The normalized spacial score (nSPS) is 21.8. The molecule has 1 aromatic rings. The number of sulfonamides is 1. The number of benzene rings is 1. The molecule has 1 heterocycles. The van der Waals surface area contributed by atoms with Crippen LogP contribution in [0.3, 0.4) is 0 Å². The molecule has 0 N–H and O–H groups in total. The van der Waals surface area contributed by atoms with Gasteiger partial charge in [-0.3, -0.25) is 0 Å². The van der Waals surface area contributed by atoms with Crippen molar-refractivity contribution in [3.05, 3.63) is 29.8 Å². The highest BCUT2D eigenvalue weighted by Gasteiger charge is 2.27. The molecule has 6 heteroatoms. The zero-order valence-electron chi connectivity index (χ0n) is 13.7. The second-order valence-electron chi connectivity index (χ2n) is 6.61. The van der Waals surface area contributed by atoms with E-state index in [9.17, 15) is 8.42 Å². The van der Waals surface area contributed by atoms with Gasteiger partial charge in [-0.15, -0.1) is 0 Å². The molecule has 1 aliphatic heterocycles. The molecule has 1 aromatic carbocycles. The fourth-order valence-corrected chi connectivity index (χ4v) is 4.95. The van der Waals surface area contributed by atoms with Gasteiger partial charge in [0, 0.05) is 26.2 Å². The van der Waals surface area contributed by atoms with E-state index in [0.717, 1.165) is 13.1 Å². The van der Waals surface area contributed by atoms with E-state index >= 15 is 0 Å². The highest BCUT2D eigenvalue weighted by atomic mass is 35.5. The lowest BCUT2D eigenvalue weighted by molar-refractivity contribution is -0.00000723. The standard InChI is InChI=1S/C17H26N2O2S.ClH/c1-18-11-13-19(14-12-18)22(20,21)17-9-7-16(8-10-17)15-5-3-2-4-6-15;/h7-10,15H,2-6,11-14H2,1H3;1H/p-1. The summed E-state index contributed by atoms with van der Waals surface area (Å²) in [6, 6.07) is 7.66. The SMILES string of the molecule is CN1CCN(S(=O)(=O)c2ccc(C3CCCCC3)cc2)CC1.[Cl-]. The van der Waals surface area contributed by atoms with Crippen molar-refractivity contribution in [2.75, 3.05) is 33.2 Å². The van der Waals surface area contributed by atoms with E-state index in [2.05, 4.69) is 4.90 Å². The first kappa shape index (κ1) is 18.7. The largest absolute Gasteiger partial charge is 1.00 e. The fourth-order valence-electron chi connectivity index (χ4n) is 3.53. The minimum Gasteiger partial charge on any atom is -1.00 e. The first-order valence-electron chi connectivity index (χ1n) is 8.36. The molecule has 0 bridgehead atoms. The van der Waals surface area contributed by atoms with E-state index in [1.54, 1.807) is 16.4 Å². The lowest BCUT2D eigenvalue weighted by Gasteiger charge is -2.31. The average Bonchev–Trinajstić information content (AvgIpc) is 2.56. The van der Waals surface area contributed by atoms with Crippen molar-refractivity contribution in [1.29, 1.82) is 0 Å². The van der Waals surface area contributed by atoms with Crippen molar-refractivity contribution in [2.45, 2.75) is 42.9 Å². The Labute approximate surface area is 146 Å². The van der Waals surface area contributed by atoms with Crippen LogP contribution in [-0.2, 0) is 10.0 Å². The fraction of sp³-hybridized carbons (Fsp3) is 0.647. The monoisotopic (exact) mass is 357 g/mol. The molecule has 2 aliphatic rings. The minimum atomic E-state index is -3.33. The first-order chi connectivity index (χ1) is 10.6. The molecule has 0 aromatic heterocycles. The third-order valence-electron chi connectivity index (χ3n) is 5.06. The molecule has 130 valence electrons. The predicted molar refractivity (Wildman–Crippen MR) is 88.5 cm³/mol. The van der Waals surface area contributed by atoms with Crippen LogP contribution in [0.2, 0.25) is 0 Å². The average molecular weight is 358 g/mol. The molecule has 0 radical (unpaired) electrons. The lowest BCUT2D eigenvalue weighted by Crippen LogP contribution is -3.00. The molecule has 23 heavy (non-hydrogen) atoms. The Morgan fingerprint density at radius 1 is 0.913 bits per heavy atom. The summed E-state index contributed by atoms with van der Waals surface area (Å²) in [5.41, 5.74) is 1.30. The van der Waals surface area contributed by atoms with Crippen LogP contribution in [-0.4, -0.2) is 50.8 Å². The van der Waals surface area contributed by atoms with Crippen LogP contribution >= 0.6 is 0 Å². The summed E-state index contributed by atoms with van der Waals surface area (Å²) in [5.74, 6) is 0.620. The molecule has 1 saturated carbocycles. The predicted octanol–water partition coefficient (Wildman–Crippen LogP) is -0.326. The summed E-state index contributed by atoms with van der Waals surface area (Å²) in [5, 5.41) is 0. The summed E-state index contributed by atoms with van der Waals surface area (Å²) in [7, 11) is -1.30. The van der Waals surface area contributed by atoms with Gasteiger partial charge < -0.3 is 17.3 Å². The minimum absolute atomic E-state index is 0. The Hall–Kier alpha value is -0.620. The van der Waals surface area contributed by atoms with Crippen molar-refractivity contribution in [3.8, 4) is 0 Å². The number of halogens is 1. The number of piperazine rings is 1. The Morgan fingerprint density at radius 3 is 2.04 bits per heavy atom. The second-order valence-corrected chi connectivity index (χ2v) is 8.55. The Balaban J connectivity index is 0.00000192. The van der Waals surface area contributed by atoms with Crippen molar-refractivity contribution in [1.82, 2.24) is 9.21 Å². The highest BCUT2D eigenvalue weighted by Crippen LogP contribution is 2.33. The Morgan fingerprint density at radius 2 is 1.48 bits per heavy atom. The summed E-state index contributed by atoms with van der Waals surface area (Å²) in [6.45, 7) is 2.78. The van der Waals surface area contributed by atoms with Crippen LogP contribution in [0.15, 0.2) is 29.2 Å². The highest BCUT2D eigenvalue weighted by molar-refractivity contribution is 7.89. The number of likely N-dealkylation sites (N-methyl/N-ethyl adjacent to an activating group) is 1. The van der Waals surface area contributed by atoms with Gasteiger partial charge >= 0.3 is 0 Å². The molecule has 0 spiro atoms. The van der Waals surface area contributed by atoms with Crippen LogP contribution in [0.4, 0.5) is 0 Å². The molecule has 0 amide bonds. The Kier molecular flexibility index (Phi) is 6.48. The maximum absolute atomic E-state index is 12.7. The molecule has 3 rings (SSSR count). The van der Waals surface area contributed by atoms with Crippen LogP contribution in [0.1, 0.15) is 43.6 Å². The van der Waals surface area contributed by atoms with Crippen LogP contribution < -0.4 is 12.4 Å². The van der Waals surface area contributed by atoms with E-state index in [0.29, 0.717) is 23.9 Å². The number of rotatable bonds is 3. The van der Waals surface area contributed by atoms with E-state index in [4.69, 9.17) is 0 Å². The molecule has 1 aliphatic carbocycles. The summed E-state index contributed by atoms with van der Waals surface area (Å²) < 4.78 is 27.0. The summed E-state index contributed by atoms with van der Waals surface area (Å²) in [4.78, 5) is 2.61. The molecule has 4 nitrogen and oxygen atoms in total. The zero-order chi connectivity index (χ0) is 15.6. The summed E-state index contributed by atoms with van der Waals surface area (Å²) >= 11 is 0. The molecule has 1 saturated heterocycles. The number of hydrogen-bond acceptors (Lipinski definition) is 3. The van der Waals surface area contributed by atoms with E-state index in [1.165, 1.54) is 37.7 Å². The number of hydrogen-bond donors (Lipinski definition) is 0. The molecule has 0 unspecified atom stereocenters. The van der Waals surface area contributed by atoms with E-state index in [1.807, 2.05) is 19.2 Å². The van der Waals surface area contributed by atoms with Gasteiger partial charge in [-0.1, -0.05) is 31.4 Å². The van der Waals surface area contributed by atoms with E-state index < -0.39 is 10.0 Å². The zero-order valence-corrected chi connectivity index (χ0v) is 15.3. The second kappa shape index (κ2) is 7.97. The van der Waals surface area contributed by atoms with Crippen molar-refractivity contribution < 1.29 is 20.8 Å². The first-order valence-corrected chi connectivity index (χ1v) is 9.80. The number of nitrogens with zero attached hydrogens (tertiary/aromatic N) is 2. The molecule has 2 fully saturated rings. The quantitative estimate of drug-likeness (QED) is 0.744. The van der Waals surface area contributed by atoms with E-state index in [-0.39, 0.29) is 12.4 Å². The van der Waals surface area contributed by atoms with Crippen molar-refractivity contribution >= 4 is 10.0 Å². The summed E-state index contributed by atoms with van der Waals surface area (Å²) in [6.07, 6.45) is 6.42. The van der Waals surface area contributed by atoms with Crippen molar-refractivity contribution in [2.24, 2.45) is 0 Å². The third-order valence-corrected chi connectivity index (χ3v) is 6.97. The molecular weight excluding hydrogens is 332 g/mol. The van der Waals surface area contributed by atoms with Gasteiger partial charge in [0.15, 0.2) is 0 Å². The van der Waals surface area contributed by atoms with Gasteiger partial charge in [0.2, 0.25) is 10.0 Å².